The van der Waals surface area contributed by atoms with Gasteiger partial charge in [0, 0.05) is 0 Å². The van der Waals surface area contributed by atoms with Gasteiger partial charge < -0.3 is 0 Å². The third kappa shape index (κ3) is 18.4. The first kappa shape index (κ1) is 71.9. The Morgan fingerprint density at radius 1 is 0.318 bits per heavy atom. The molecule has 0 saturated heterocycles. The standard InChI is InChI=1S/2C36H54N2O2.2C2H5O.2In/c2*1-33(2,3)25-17-23(31(39)27(19-25)35(7,8)9)21-37-29-15-13-14-16-30(29)38-22-24-18-26(34(4,5)6)20-28(32(24)40)36(10,11)12;2*1-2-3;;/h2*17-22,29-30,39-40H,13-16H2,1-12H3;2*2H2,1H3;;/q;;2*-1;2*+3/p-4/t2*29-,30-;;;;/m10..../s1. The summed E-state index contributed by atoms with van der Waals surface area (Å²) in [4.78, 5) is 21.0. The summed E-state index contributed by atoms with van der Waals surface area (Å²) in [5.41, 5.74) is 13.1. The van der Waals surface area contributed by atoms with Crippen LogP contribution in [-0.2, 0) is 49.0 Å². The van der Waals surface area contributed by atoms with Crippen molar-refractivity contribution < 1.29 is 17.1 Å². The van der Waals surface area contributed by atoms with Gasteiger partial charge in [-0.2, -0.15) is 0 Å². The van der Waals surface area contributed by atoms with Crippen LogP contribution in [0.15, 0.2) is 68.5 Å². The number of aliphatic imine (C=N–C) groups is 4. The first-order valence-electron chi connectivity index (χ1n) is 33.4. The molecule has 0 N–H and O–H groups in total. The number of hydrogen-bond acceptors (Lipinski definition) is 10. The van der Waals surface area contributed by atoms with E-state index in [4.69, 9.17) is 37.1 Å². The number of rotatable bonds is 4. The summed E-state index contributed by atoms with van der Waals surface area (Å²) in [5.74, 6) is 3.45. The summed E-state index contributed by atoms with van der Waals surface area (Å²) in [7, 11) is 0. The maximum atomic E-state index is 7.06. The zero-order chi connectivity index (χ0) is 65.3. The Morgan fingerprint density at radius 3 is 0.670 bits per heavy atom. The predicted molar refractivity (Wildman–Crippen MR) is 375 cm³/mol. The normalized spacial score (nSPS) is 19.9. The first-order chi connectivity index (χ1) is 40.6. The van der Waals surface area contributed by atoms with E-state index in [0.29, 0.717) is 13.2 Å². The van der Waals surface area contributed by atoms with Gasteiger partial charge in [0.1, 0.15) is 0 Å². The molecule has 0 spiro atoms. The van der Waals surface area contributed by atoms with Crippen LogP contribution in [0.2, 0.25) is 0 Å². The summed E-state index contributed by atoms with van der Waals surface area (Å²) in [5, 5.41) is 0. The Kier molecular flexibility index (Phi) is 22.8. The number of hydrogen-bond donors (Lipinski definition) is 0. The zero-order valence-corrected chi connectivity index (χ0v) is 66.3. The molecule has 88 heavy (non-hydrogen) atoms. The van der Waals surface area contributed by atoms with Crippen LogP contribution in [0.3, 0.4) is 0 Å². The van der Waals surface area contributed by atoms with Crippen LogP contribution in [0.5, 0.6) is 23.0 Å². The van der Waals surface area contributed by atoms with Gasteiger partial charge >= 0.3 is 558 Å². The summed E-state index contributed by atoms with van der Waals surface area (Å²) in [6, 6.07) is 18.9. The van der Waals surface area contributed by atoms with E-state index in [-0.39, 0.29) is 67.5 Å². The van der Waals surface area contributed by atoms with Crippen molar-refractivity contribution in [1.82, 2.24) is 0 Å². The molecule has 4 aliphatic rings. The van der Waals surface area contributed by atoms with Gasteiger partial charge in [-0.3, -0.25) is 0 Å². The maximum absolute atomic E-state index is 7.06. The molecule has 480 valence electrons. The van der Waals surface area contributed by atoms with Crippen LogP contribution in [0.1, 0.15) is 298 Å². The van der Waals surface area contributed by atoms with E-state index in [1.165, 1.54) is 70.2 Å². The van der Waals surface area contributed by atoms with Crippen LogP contribution in [-0.4, -0.2) is 108 Å². The van der Waals surface area contributed by atoms with E-state index in [1.807, 2.05) is 13.8 Å². The SMILES string of the molecule is CC[O][In]1[O]c2c(cc(C(C)(C)C)cc2C(C)(C)C)C=N[C@@H]2CCCC[C@H]2N=Cc2cc(C(C)(C)C)cc(C(C)(C)C)c2[O]1.CC[O][In]1[O]c2c(cc(C(C)(C)C)cc2C(C)(C)C)C=N[C@H]2CCCC[C@@H]2N=Cc2cc(C(C)(C)C)cc(C(C)(C)C)c2[O]1. The summed E-state index contributed by atoms with van der Waals surface area (Å²) in [6.45, 7) is 59.5. The van der Waals surface area contributed by atoms with Gasteiger partial charge in [-0.05, 0) is 0 Å². The van der Waals surface area contributed by atoms with Gasteiger partial charge in [0.05, 0.1) is 0 Å². The Labute approximate surface area is 553 Å². The topological polar surface area (TPSA) is 105 Å². The summed E-state index contributed by atoms with van der Waals surface area (Å²) in [6.07, 6.45) is 17.1. The van der Waals surface area contributed by atoms with E-state index in [1.54, 1.807) is 0 Å². The van der Waals surface area contributed by atoms with E-state index in [0.717, 1.165) is 70.9 Å². The molecule has 0 amide bonds. The van der Waals surface area contributed by atoms with E-state index >= 15 is 0 Å². The molecule has 12 heteroatoms. The molecule has 2 heterocycles. The molecule has 2 aliphatic heterocycles. The molecular weight excluding hydrogens is 1290 g/mol. The molecule has 10 nitrogen and oxygen atoms in total. The van der Waals surface area contributed by atoms with Gasteiger partial charge in [0.25, 0.3) is 0 Å². The fourth-order valence-electron chi connectivity index (χ4n) is 11.9. The molecule has 8 rings (SSSR count). The Balaban J connectivity index is 0.000000251. The fourth-order valence-corrected chi connectivity index (χ4v) is 19.7. The predicted octanol–water partition coefficient (Wildman–Crippen LogP) is 19.0. The van der Waals surface area contributed by atoms with Crippen molar-refractivity contribution in [3.8, 4) is 23.0 Å². The summed E-state index contributed by atoms with van der Waals surface area (Å²) >= 11 is -7.32. The average molecular weight is 1410 g/mol. The molecule has 0 unspecified atom stereocenters. The van der Waals surface area contributed by atoms with Crippen molar-refractivity contribution in [2.45, 2.75) is 299 Å². The zero-order valence-electron chi connectivity index (χ0n) is 59.7. The minimum atomic E-state index is -3.66. The number of fused-ring (bicyclic) bond motifs is 6. The molecule has 2 fully saturated rings. The van der Waals surface area contributed by atoms with Gasteiger partial charge in [0.2, 0.25) is 0 Å². The van der Waals surface area contributed by atoms with Gasteiger partial charge in [-0.1, -0.05) is 0 Å². The molecule has 2 aliphatic carbocycles. The van der Waals surface area contributed by atoms with Crippen molar-refractivity contribution in [3.05, 3.63) is 115 Å². The van der Waals surface area contributed by atoms with Gasteiger partial charge in [-0.15, -0.1) is 0 Å². The summed E-state index contributed by atoms with van der Waals surface area (Å²) < 4.78 is 41.1. The fraction of sp³-hybridized carbons (Fsp3) is 0.632. The van der Waals surface area contributed by atoms with Crippen LogP contribution in [0.4, 0.5) is 0 Å². The van der Waals surface area contributed by atoms with Crippen molar-refractivity contribution in [2.75, 3.05) is 13.2 Å². The second kappa shape index (κ2) is 27.9. The molecule has 4 aromatic carbocycles. The Hall–Kier alpha value is -3.58. The van der Waals surface area contributed by atoms with E-state index in [9.17, 15) is 0 Å². The van der Waals surface area contributed by atoms with Crippen LogP contribution >= 0.6 is 0 Å². The van der Waals surface area contributed by atoms with Crippen LogP contribution in [0, 0.1) is 0 Å². The van der Waals surface area contributed by atoms with E-state index < -0.39 is 45.5 Å². The number of nitrogens with zero attached hydrogens (tertiary/aromatic N) is 4. The van der Waals surface area contributed by atoms with Gasteiger partial charge in [0.15, 0.2) is 0 Å². The monoisotopic (exact) mass is 1410 g/mol. The van der Waals surface area contributed by atoms with Crippen LogP contribution in [0.25, 0.3) is 0 Å². The number of benzene rings is 4. The Bertz CT molecular complexity index is 2770. The van der Waals surface area contributed by atoms with Crippen molar-refractivity contribution in [1.29, 1.82) is 0 Å². The molecule has 0 aromatic heterocycles. The molecule has 4 atom stereocenters. The Morgan fingerprint density at radius 2 is 0.511 bits per heavy atom. The van der Waals surface area contributed by atoms with Crippen molar-refractivity contribution >= 4 is 70.4 Å². The second-order valence-corrected chi connectivity index (χ2v) is 41.6. The van der Waals surface area contributed by atoms with E-state index in [2.05, 4.69) is 240 Å². The van der Waals surface area contributed by atoms with Crippen molar-refractivity contribution in [2.24, 2.45) is 20.0 Å². The van der Waals surface area contributed by atoms with Gasteiger partial charge in [-0.25, -0.2) is 0 Å². The molecule has 0 radical (unpaired) electrons. The average Bonchev–Trinajstić information content (AvgIpc) is 1.20. The third-order valence-electron chi connectivity index (χ3n) is 17.6. The molecule has 4 aromatic rings. The first-order valence-corrected chi connectivity index (χ1v) is 41.4. The molecule has 2 saturated carbocycles. The molecule has 0 bridgehead atoms. The van der Waals surface area contributed by atoms with Crippen LogP contribution < -0.4 is 11.4 Å². The minimum absolute atomic E-state index is 0.0217. The molecular formula is C76H114In2N4O6. The third-order valence-corrected chi connectivity index (χ3v) is 26.0. The second-order valence-electron chi connectivity index (χ2n) is 33.7. The quantitative estimate of drug-likeness (QED) is 0.202. The van der Waals surface area contributed by atoms with Crippen molar-refractivity contribution in [3.63, 3.8) is 0 Å².